The number of ether oxygens (including phenoxy) is 1. The predicted molar refractivity (Wildman–Crippen MR) is 106 cm³/mol. The molecule has 0 radical (unpaired) electrons. The first-order valence-corrected chi connectivity index (χ1v) is 10.5. The van der Waals surface area contributed by atoms with Gasteiger partial charge in [-0.1, -0.05) is 46.3 Å². The van der Waals surface area contributed by atoms with Gasteiger partial charge in [0.15, 0.2) is 0 Å². The van der Waals surface area contributed by atoms with Gasteiger partial charge >= 0.3 is 6.09 Å². The molecule has 1 fully saturated rings. The molecule has 0 bridgehead atoms. The highest BCUT2D eigenvalue weighted by molar-refractivity contribution is 9.10. The molecule has 3 rings (SSSR count). The van der Waals surface area contributed by atoms with Crippen LogP contribution >= 0.6 is 27.7 Å². The fraction of sp³-hybridized carbons (Fsp3) is 0.350. The second kappa shape index (κ2) is 8.77. The SMILES string of the molecule is CSc1ccc(Br)cc1C1CCN(C(=O)OCc2ccccc2)CC1. The van der Waals surface area contributed by atoms with E-state index in [1.54, 1.807) is 11.8 Å². The standard InChI is InChI=1S/C20H22BrNO2S/c1-25-19-8-7-17(21)13-18(19)16-9-11-22(12-10-16)20(23)24-14-15-5-3-2-4-6-15/h2-8,13,16H,9-12,14H2,1H3. The molecule has 0 aliphatic carbocycles. The van der Waals surface area contributed by atoms with Crippen LogP contribution in [0.1, 0.15) is 29.9 Å². The molecule has 0 unspecified atom stereocenters. The highest BCUT2D eigenvalue weighted by Crippen LogP contribution is 2.36. The number of benzene rings is 2. The van der Waals surface area contributed by atoms with Crippen molar-refractivity contribution in [1.29, 1.82) is 0 Å². The van der Waals surface area contributed by atoms with Crippen LogP contribution in [0.2, 0.25) is 0 Å². The molecule has 1 heterocycles. The number of thioether (sulfide) groups is 1. The van der Waals surface area contributed by atoms with Gasteiger partial charge in [0.05, 0.1) is 0 Å². The molecule has 1 amide bonds. The first-order valence-electron chi connectivity index (χ1n) is 8.46. The van der Waals surface area contributed by atoms with Crippen LogP contribution in [0, 0.1) is 0 Å². The number of carbonyl (C=O) groups excluding carboxylic acids is 1. The zero-order chi connectivity index (χ0) is 17.6. The maximum atomic E-state index is 12.3. The van der Waals surface area contributed by atoms with Crippen LogP contribution in [-0.2, 0) is 11.3 Å². The lowest BCUT2D eigenvalue weighted by molar-refractivity contribution is 0.0869. The number of hydrogen-bond donors (Lipinski definition) is 0. The average Bonchev–Trinajstić information content (AvgIpc) is 2.67. The van der Waals surface area contributed by atoms with Crippen molar-refractivity contribution in [2.45, 2.75) is 30.3 Å². The van der Waals surface area contributed by atoms with Gasteiger partial charge in [0.2, 0.25) is 0 Å². The van der Waals surface area contributed by atoms with Gasteiger partial charge in [-0.05, 0) is 54.3 Å². The van der Waals surface area contributed by atoms with Gasteiger partial charge in [-0.15, -0.1) is 11.8 Å². The topological polar surface area (TPSA) is 29.5 Å². The Balaban J connectivity index is 1.55. The molecule has 25 heavy (non-hydrogen) atoms. The molecule has 2 aromatic carbocycles. The Morgan fingerprint density at radius 2 is 1.92 bits per heavy atom. The maximum Gasteiger partial charge on any atom is 0.410 e. The fourth-order valence-electron chi connectivity index (χ4n) is 3.21. The predicted octanol–water partition coefficient (Wildman–Crippen LogP) is 5.69. The minimum absolute atomic E-state index is 0.207. The molecule has 1 aliphatic heterocycles. The summed E-state index contributed by atoms with van der Waals surface area (Å²) in [5.74, 6) is 0.498. The second-order valence-electron chi connectivity index (χ2n) is 6.19. The Labute approximate surface area is 161 Å². The maximum absolute atomic E-state index is 12.3. The van der Waals surface area contributed by atoms with Gasteiger partial charge in [-0.2, -0.15) is 0 Å². The smallest absolute Gasteiger partial charge is 0.410 e. The lowest BCUT2D eigenvalue weighted by atomic mass is 9.89. The van der Waals surface area contributed by atoms with Crippen molar-refractivity contribution in [3.05, 3.63) is 64.1 Å². The Morgan fingerprint density at radius 1 is 1.20 bits per heavy atom. The van der Waals surface area contributed by atoms with Crippen LogP contribution in [0.15, 0.2) is 57.9 Å². The van der Waals surface area contributed by atoms with Crippen LogP contribution in [-0.4, -0.2) is 30.3 Å². The molecule has 3 nitrogen and oxygen atoms in total. The van der Waals surface area contributed by atoms with E-state index in [4.69, 9.17) is 4.74 Å². The molecule has 1 saturated heterocycles. The minimum atomic E-state index is -0.207. The molecule has 0 saturated carbocycles. The van der Waals surface area contributed by atoms with E-state index in [0.29, 0.717) is 12.5 Å². The first-order chi connectivity index (χ1) is 12.2. The molecule has 5 heteroatoms. The summed E-state index contributed by atoms with van der Waals surface area (Å²) >= 11 is 5.36. The van der Waals surface area contributed by atoms with Crippen LogP contribution in [0.3, 0.4) is 0 Å². The molecule has 0 N–H and O–H groups in total. The molecule has 0 atom stereocenters. The van der Waals surface area contributed by atoms with Crippen molar-refractivity contribution in [3.8, 4) is 0 Å². The summed E-state index contributed by atoms with van der Waals surface area (Å²) in [6.45, 7) is 1.83. The van der Waals surface area contributed by atoms with Crippen LogP contribution < -0.4 is 0 Å². The van der Waals surface area contributed by atoms with E-state index in [2.05, 4.69) is 40.4 Å². The summed E-state index contributed by atoms with van der Waals surface area (Å²) < 4.78 is 6.56. The number of nitrogens with zero attached hydrogens (tertiary/aromatic N) is 1. The first kappa shape index (κ1) is 18.3. The van der Waals surface area contributed by atoms with Crippen molar-refractivity contribution < 1.29 is 9.53 Å². The van der Waals surface area contributed by atoms with E-state index in [1.165, 1.54) is 10.5 Å². The lowest BCUT2D eigenvalue weighted by Gasteiger charge is -2.32. The van der Waals surface area contributed by atoms with Crippen molar-refractivity contribution >= 4 is 33.8 Å². The monoisotopic (exact) mass is 419 g/mol. The zero-order valence-electron chi connectivity index (χ0n) is 14.3. The highest BCUT2D eigenvalue weighted by Gasteiger charge is 2.26. The average molecular weight is 420 g/mol. The quantitative estimate of drug-likeness (QED) is 0.596. The molecular formula is C20H22BrNO2S. The Morgan fingerprint density at radius 3 is 2.60 bits per heavy atom. The number of rotatable bonds is 4. The van der Waals surface area contributed by atoms with Crippen LogP contribution in [0.5, 0.6) is 0 Å². The van der Waals surface area contributed by atoms with E-state index in [9.17, 15) is 4.79 Å². The second-order valence-corrected chi connectivity index (χ2v) is 7.95. The minimum Gasteiger partial charge on any atom is -0.445 e. The lowest BCUT2D eigenvalue weighted by Crippen LogP contribution is -2.38. The van der Waals surface area contributed by atoms with Crippen molar-refractivity contribution in [2.75, 3.05) is 19.3 Å². The third-order valence-electron chi connectivity index (χ3n) is 4.59. The van der Waals surface area contributed by atoms with E-state index >= 15 is 0 Å². The summed E-state index contributed by atoms with van der Waals surface area (Å²) in [5, 5.41) is 0. The van der Waals surface area contributed by atoms with Gasteiger partial charge in [0.25, 0.3) is 0 Å². The van der Waals surface area contributed by atoms with Crippen molar-refractivity contribution in [1.82, 2.24) is 4.90 Å². The van der Waals surface area contributed by atoms with Crippen molar-refractivity contribution in [3.63, 3.8) is 0 Å². The van der Waals surface area contributed by atoms with Gasteiger partial charge in [0, 0.05) is 22.5 Å². The Hall–Kier alpha value is -1.46. The van der Waals surface area contributed by atoms with E-state index in [-0.39, 0.29) is 6.09 Å². The number of piperidine rings is 1. The molecule has 0 aromatic heterocycles. The number of hydrogen-bond acceptors (Lipinski definition) is 3. The third kappa shape index (κ3) is 4.79. The normalized spacial score (nSPS) is 15.2. The van der Waals surface area contributed by atoms with E-state index in [0.717, 1.165) is 36.0 Å². The number of carbonyl (C=O) groups is 1. The summed E-state index contributed by atoms with van der Waals surface area (Å²) in [4.78, 5) is 15.4. The zero-order valence-corrected chi connectivity index (χ0v) is 16.7. The molecule has 132 valence electrons. The largest absolute Gasteiger partial charge is 0.445 e. The van der Waals surface area contributed by atoms with Gasteiger partial charge < -0.3 is 9.64 Å². The van der Waals surface area contributed by atoms with Gasteiger partial charge in [0.1, 0.15) is 6.61 Å². The summed E-state index contributed by atoms with van der Waals surface area (Å²) in [6, 6.07) is 16.3. The van der Waals surface area contributed by atoms with Crippen LogP contribution in [0.4, 0.5) is 4.79 Å². The summed E-state index contributed by atoms with van der Waals surface area (Å²) in [7, 11) is 0. The van der Waals surface area contributed by atoms with E-state index in [1.807, 2.05) is 35.2 Å². The van der Waals surface area contributed by atoms with Crippen LogP contribution in [0.25, 0.3) is 0 Å². The number of likely N-dealkylation sites (tertiary alicyclic amines) is 1. The number of halogens is 1. The molecular weight excluding hydrogens is 398 g/mol. The summed E-state index contributed by atoms with van der Waals surface area (Å²) in [6.07, 6.45) is 3.86. The molecule has 1 aliphatic rings. The van der Waals surface area contributed by atoms with Crippen molar-refractivity contribution in [2.24, 2.45) is 0 Å². The molecule has 2 aromatic rings. The summed E-state index contributed by atoms with van der Waals surface area (Å²) in [5.41, 5.74) is 2.41. The Bertz CT molecular complexity index is 715. The third-order valence-corrected chi connectivity index (χ3v) is 5.89. The Kier molecular flexibility index (Phi) is 6.43. The van der Waals surface area contributed by atoms with Gasteiger partial charge in [-0.3, -0.25) is 0 Å². The van der Waals surface area contributed by atoms with Gasteiger partial charge in [-0.25, -0.2) is 4.79 Å². The highest BCUT2D eigenvalue weighted by atomic mass is 79.9. The fourth-order valence-corrected chi connectivity index (χ4v) is 4.25. The number of amides is 1. The van der Waals surface area contributed by atoms with E-state index < -0.39 is 0 Å². The molecule has 0 spiro atoms.